The molecular weight excluding hydrogens is 550 g/mol. The van der Waals surface area contributed by atoms with Crippen molar-refractivity contribution in [1.82, 2.24) is 0 Å². The second-order valence-corrected chi connectivity index (χ2v) is 11.9. The predicted molar refractivity (Wildman–Crippen MR) is 157 cm³/mol. The molecule has 0 heterocycles. The summed E-state index contributed by atoms with van der Waals surface area (Å²) in [5.41, 5.74) is 1.34. The van der Waals surface area contributed by atoms with Crippen molar-refractivity contribution in [3.8, 4) is 0 Å². The van der Waals surface area contributed by atoms with Gasteiger partial charge in [-0.2, -0.15) is 0 Å². The zero-order valence-electron chi connectivity index (χ0n) is 21.0. The van der Waals surface area contributed by atoms with Gasteiger partial charge >= 0.3 is 5.97 Å². The van der Waals surface area contributed by atoms with Gasteiger partial charge in [-0.25, -0.2) is 4.79 Å². The first-order valence-corrected chi connectivity index (χ1v) is 13.7. The summed E-state index contributed by atoms with van der Waals surface area (Å²) in [7, 11) is 0. The third-order valence-corrected chi connectivity index (χ3v) is 7.70. The van der Waals surface area contributed by atoms with Gasteiger partial charge in [0.05, 0.1) is 18.8 Å². The number of benzene rings is 5. The lowest BCUT2D eigenvalue weighted by molar-refractivity contribution is 0.0461. The normalized spacial score (nSPS) is 12.3. The molecule has 0 aliphatic heterocycles. The molecule has 5 aromatic carbocycles. The smallest absolute Gasteiger partial charge is 0.338 e. The van der Waals surface area contributed by atoms with Crippen LogP contribution in [0.5, 0.6) is 0 Å². The van der Waals surface area contributed by atoms with Gasteiger partial charge < -0.3 is 9.47 Å². The Bertz CT molecular complexity index is 1650. The van der Waals surface area contributed by atoms with E-state index >= 15 is 0 Å². The average Bonchev–Trinajstić information content (AvgIpc) is 2.84. The van der Waals surface area contributed by atoms with Crippen LogP contribution < -0.4 is 0 Å². The van der Waals surface area contributed by atoms with Gasteiger partial charge in [-0.15, -0.1) is 0 Å². The summed E-state index contributed by atoms with van der Waals surface area (Å²) >= 11 is 27.6. The first kappa shape index (κ1) is 26.6. The van der Waals surface area contributed by atoms with Gasteiger partial charge in [0.2, 0.25) is 0 Å². The summed E-state index contributed by atoms with van der Waals surface area (Å²) < 4.78 is 11.5. The molecule has 0 aliphatic rings. The molecule has 0 saturated carbocycles. The van der Waals surface area contributed by atoms with Crippen LogP contribution in [0.2, 0.25) is 20.1 Å². The number of fused-ring (bicyclic) bond motifs is 2. The number of esters is 1. The Labute approximate surface area is 235 Å². The average molecular weight is 576 g/mol. The molecule has 3 nitrogen and oxygen atoms in total. The van der Waals surface area contributed by atoms with E-state index in [1.54, 1.807) is 12.1 Å². The molecular formula is C30H26Cl4O3. The highest BCUT2D eigenvalue weighted by atomic mass is 35.5. The lowest BCUT2D eigenvalue weighted by Crippen LogP contribution is -2.11. The van der Waals surface area contributed by atoms with Crippen molar-refractivity contribution in [2.75, 3.05) is 13.2 Å². The number of halogens is 4. The first-order chi connectivity index (χ1) is 17.6. The van der Waals surface area contributed by atoms with E-state index in [4.69, 9.17) is 55.9 Å². The molecule has 37 heavy (non-hydrogen) atoms. The molecule has 0 N–H and O–H groups in total. The molecule has 0 unspecified atom stereocenters. The second-order valence-electron chi connectivity index (χ2n) is 10.3. The number of rotatable bonds is 7. The van der Waals surface area contributed by atoms with Crippen molar-refractivity contribution in [3.63, 3.8) is 0 Å². The van der Waals surface area contributed by atoms with Gasteiger partial charge in [0.1, 0.15) is 0 Å². The summed E-state index contributed by atoms with van der Waals surface area (Å²) in [5.74, 6) is 0.178. The molecule has 0 aromatic heterocycles. The highest BCUT2D eigenvalue weighted by molar-refractivity contribution is 6.53. The Kier molecular flexibility index (Phi) is 7.39. The minimum atomic E-state index is -0.436. The van der Waals surface area contributed by atoms with Gasteiger partial charge in [-0.05, 0) is 52.4 Å². The lowest BCUT2D eigenvalue weighted by atomic mass is 9.87. The number of ether oxygens (including phenoxy) is 2. The van der Waals surface area contributed by atoms with Crippen LogP contribution in [0.3, 0.4) is 0 Å². The summed E-state index contributed by atoms with van der Waals surface area (Å²) in [5, 5.41) is 8.25. The Morgan fingerprint density at radius 2 is 1.19 bits per heavy atom. The first-order valence-electron chi connectivity index (χ1n) is 12.2. The summed E-state index contributed by atoms with van der Waals surface area (Å²) in [6.45, 7) is 9.55. The quantitative estimate of drug-likeness (QED) is 0.110. The van der Waals surface area contributed by atoms with Crippen molar-refractivity contribution in [2.24, 2.45) is 11.8 Å². The second kappa shape index (κ2) is 10.3. The number of hydrogen-bond donors (Lipinski definition) is 0. The van der Waals surface area contributed by atoms with Crippen LogP contribution in [0.25, 0.3) is 43.1 Å². The Balaban J connectivity index is 1.91. The maximum atomic E-state index is 13.1. The zero-order valence-corrected chi connectivity index (χ0v) is 24.0. The summed E-state index contributed by atoms with van der Waals surface area (Å²) in [6.07, 6.45) is 0. The Morgan fingerprint density at radius 3 is 1.78 bits per heavy atom. The molecule has 0 atom stereocenters. The highest BCUT2D eigenvalue weighted by Gasteiger charge is 2.25. The molecule has 0 radical (unpaired) electrons. The molecule has 0 bridgehead atoms. The topological polar surface area (TPSA) is 35.5 Å². The van der Waals surface area contributed by atoms with E-state index in [-0.39, 0.29) is 5.92 Å². The minimum Gasteiger partial charge on any atom is -0.462 e. The lowest BCUT2D eigenvalue weighted by Gasteiger charge is -2.21. The van der Waals surface area contributed by atoms with Crippen LogP contribution >= 0.6 is 46.4 Å². The Hall–Kier alpha value is -2.01. The van der Waals surface area contributed by atoms with Gasteiger partial charge in [0, 0.05) is 59.0 Å². The third kappa shape index (κ3) is 4.60. The SMILES string of the molecule is CC(C)COCc1cc(Cl)c2c3c(Cl)ccc4c(C(=O)OCC(C)C)cc(Cl)c(c5c(Cl)ccc1c25)c43. The van der Waals surface area contributed by atoms with E-state index < -0.39 is 5.97 Å². The van der Waals surface area contributed by atoms with Crippen molar-refractivity contribution in [1.29, 1.82) is 0 Å². The van der Waals surface area contributed by atoms with Crippen molar-refractivity contribution in [2.45, 2.75) is 34.3 Å². The zero-order chi connectivity index (χ0) is 26.6. The molecule has 7 heteroatoms. The van der Waals surface area contributed by atoms with Crippen LogP contribution in [0, 0.1) is 11.8 Å². The van der Waals surface area contributed by atoms with Crippen LogP contribution in [0.1, 0.15) is 43.6 Å². The van der Waals surface area contributed by atoms with Gasteiger partial charge in [-0.1, -0.05) is 86.2 Å². The largest absolute Gasteiger partial charge is 0.462 e. The van der Waals surface area contributed by atoms with Crippen LogP contribution in [-0.4, -0.2) is 19.2 Å². The molecule has 0 fully saturated rings. The van der Waals surface area contributed by atoms with E-state index in [1.807, 2.05) is 38.1 Å². The van der Waals surface area contributed by atoms with E-state index in [0.717, 1.165) is 43.3 Å². The van der Waals surface area contributed by atoms with Gasteiger partial charge in [0.25, 0.3) is 0 Å². The highest BCUT2D eigenvalue weighted by Crippen LogP contribution is 2.50. The maximum Gasteiger partial charge on any atom is 0.338 e. The van der Waals surface area contributed by atoms with Crippen molar-refractivity contribution >= 4 is 95.5 Å². The molecule has 0 amide bonds. The van der Waals surface area contributed by atoms with Crippen molar-refractivity contribution in [3.05, 3.63) is 67.6 Å². The standard InChI is InChI=1S/C30H26Cl4O3/c1-14(2)11-36-13-16-9-22(33)28-24-17(16)5-7-20(31)26(24)29-23(34)10-19(30(35)37-12-15(3)4)18-6-8-21(32)27(28)25(18)29/h5-10,14-15H,11-13H2,1-4H3. The fourth-order valence-corrected chi connectivity index (χ4v) is 6.10. The van der Waals surface area contributed by atoms with Crippen LogP contribution in [0.4, 0.5) is 0 Å². The number of carbonyl (C=O) groups excluding carboxylic acids is 1. The van der Waals surface area contributed by atoms with E-state index in [0.29, 0.717) is 56.8 Å². The van der Waals surface area contributed by atoms with Crippen LogP contribution in [0.15, 0.2) is 36.4 Å². The van der Waals surface area contributed by atoms with Crippen molar-refractivity contribution < 1.29 is 14.3 Å². The molecule has 5 rings (SSSR count). The molecule has 0 saturated heterocycles. The third-order valence-electron chi connectivity index (χ3n) is 6.47. The monoisotopic (exact) mass is 574 g/mol. The van der Waals surface area contributed by atoms with E-state index in [1.165, 1.54) is 0 Å². The van der Waals surface area contributed by atoms with E-state index in [9.17, 15) is 4.79 Å². The number of carbonyl (C=O) groups is 1. The van der Waals surface area contributed by atoms with Gasteiger partial charge in [0.15, 0.2) is 0 Å². The summed E-state index contributed by atoms with van der Waals surface area (Å²) in [4.78, 5) is 13.1. The number of hydrogen-bond acceptors (Lipinski definition) is 3. The fourth-order valence-electron chi connectivity index (χ4n) is 4.97. The van der Waals surface area contributed by atoms with E-state index in [2.05, 4.69) is 13.8 Å². The predicted octanol–water partition coefficient (Wildman–Crippen LogP) is 10.3. The molecule has 192 valence electrons. The summed E-state index contributed by atoms with van der Waals surface area (Å²) in [6, 6.07) is 11.1. The molecule has 0 aliphatic carbocycles. The van der Waals surface area contributed by atoms with Gasteiger partial charge in [-0.3, -0.25) is 0 Å². The molecule has 0 spiro atoms. The fraction of sp³-hybridized carbons (Fsp3) is 0.300. The Morgan fingerprint density at radius 1 is 0.676 bits per heavy atom. The minimum absolute atomic E-state index is 0.203. The van der Waals surface area contributed by atoms with Crippen LogP contribution in [-0.2, 0) is 16.1 Å². The maximum absolute atomic E-state index is 13.1. The molecule has 5 aromatic rings.